The Morgan fingerprint density at radius 1 is 0.824 bits per heavy atom. The van der Waals surface area contributed by atoms with Crippen LogP contribution in [-0.2, 0) is 0 Å². The number of hydrogen-bond acceptors (Lipinski definition) is 4. The number of aryl methyl sites for hydroxylation is 2. The van der Waals surface area contributed by atoms with Gasteiger partial charge in [0.05, 0.1) is 0 Å². The molecule has 0 unspecified atom stereocenters. The van der Waals surface area contributed by atoms with Crippen LogP contribution in [0.5, 0.6) is 0 Å². The van der Waals surface area contributed by atoms with Crippen LogP contribution in [-0.4, -0.2) is 21.0 Å². The van der Waals surface area contributed by atoms with Gasteiger partial charge in [-0.1, -0.05) is 32.1 Å². The van der Waals surface area contributed by atoms with Crippen molar-refractivity contribution in [2.45, 2.75) is 64.8 Å². The lowest BCUT2D eigenvalue weighted by Gasteiger charge is -2.21. The minimum Gasteiger partial charge on any atom is -0.351 e. The summed E-state index contributed by atoms with van der Waals surface area (Å²) in [6, 6.07) is 0.538. The molecule has 1 aliphatic carbocycles. The minimum absolute atomic E-state index is 0.538. The lowest BCUT2D eigenvalue weighted by Crippen LogP contribution is -2.22. The molecule has 1 aromatic heterocycles. The van der Waals surface area contributed by atoms with E-state index in [1.165, 1.54) is 44.9 Å². The molecule has 1 heterocycles. The highest BCUT2D eigenvalue weighted by atomic mass is 15.2. The molecule has 1 fully saturated rings. The molecular formula is C13H22N4. The van der Waals surface area contributed by atoms with E-state index in [1.807, 2.05) is 13.8 Å². The van der Waals surface area contributed by atoms with Gasteiger partial charge in [0, 0.05) is 6.04 Å². The first-order chi connectivity index (χ1) is 8.24. The fraction of sp³-hybridized carbons (Fsp3) is 0.769. The Balaban J connectivity index is 1.97. The second-order valence-corrected chi connectivity index (χ2v) is 4.94. The van der Waals surface area contributed by atoms with Crippen molar-refractivity contribution >= 4 is 5.95 Å². The summed E-state index contributed by atoms with van der Waals surface area (Å²) in [7, 11) is 0. The van der Waals surface area contributed by atoms with Gasteiger partial charge in [-0.3, -0.25) is 0 Å². The van der Waals surface area contributed by atoms with E-state index < -0.39 is 0 Å². The maximum Gasteiger partial charge on any atom is 0.226 e. The lowest BCUT2D eigenvalue weighted by atomic mass is 9.97. The van der Waals surface area contributed by atoms with Crippen LogP contribution in [0.25, 0.3) is 0 Å². The number of rotatable bonds is 2. The Kier molecular flexibility index (Phi) is 4.29. The third-order valence-electron chi connectivity index (χ3n) is 3.30. The molecule has 17 heavy (non-hydrogen) atoms. The first-order valence-electron chi connectivity index (χ1n) is 6.70. The second-order valence-electron chi connectivity index (χ2n) is 4.94. The van der Waals surface area contributed by atoms with Gasteiger partial charge in [0.25, 0.3) is 0 Å². The summed E-state index contributed by atoms with van der Waals surface area (Å²) >= 11 is 0. The maximum atomic E-state index is 4.35. The zero-order valence-corrected chi connectivity index (χ0v) is 10.9. The number of nitrogens with one attached hydrogen (secondary N) is 1. The molecule has 0 atom stereocenters. The second kappa shape index (κ2) is 5.94. The fourth-order valence-electron chi connectivity index (χ4n) is 2.46. The third-order valence-corrected chi connectivity index (χ3v) is 3.30. The van der Waals surface area contributed by atoms with E-state index in [0.717, 1.165) is 17.6 Å². The molecule has 1 aromatic rings. The van der Waals surface area contributed by atoms with Crippen LogP contribution in [0.1, 0.15) is 56.6 Å². The highest BCUT2D eigenvalue weighted by molar-refractivity contribution is 5.25. The van der Waals surface area contributed by atoms with Gasteiger partial charge in [-0.15, -0.1) is 0 Å². The number of hydrogen-bond donors (Lipinski definition) is 1. The van der Waals surface area contributed by atoms with Crippen molar-refractivity contribution < 1.29 is 0 Å². The van der Waals surface area contributed by atoms with E-state index in [2.05, 4.69) is 20.3 Å². The SMILES string of the molecule is Cc1nc(C)nc(NC2CCCCCCC2)n1. The molecule has 4 heteroatoms. The van der Waals surface area contributed by atoms with Crippen LogP contribution in [0.15, 0.2) is 0 Å². The van der Waals surface area contributed by atoms with Gasteiger partial charge >= 0.3 is 0 Å². The largest absolute Gasteiger partial charge is 0.351 e. The third kappa shape index (κ3) is 3.95. The minimum atomic E-state index is 0.538. The molecule has 0 radical (unpaired) electrons. The summed E-state index contributed by atoms with van der Waals surface area (Å²) in [6.45, 7) is 3.83. The Labute approximate surface area is 103 Å². The predicted octanol–water partition coefficient (Wildman–Crippen LogP) is 3.01. The Morgan fingerprint density at radius 2 is 1.35 bits per heavy atom. The molecule has 0 spiro atoms. The lowest BCUT2D eigenvalue weighted by molar-refractivity contribution is 0.469. The van der Waals surface area contributed by atoms with E-state index in [-0.39, 0.29) is 0 Å². The zero-order chi connectivity index (χ0) is 12.1. The molecule has 0 bridgehead atoms. The molecule has 0 saturated heterocycles. The Morgan fingerprint density at radius 3 is 1.94 bits per heavy atom. The molecule has 2 rings (SSSR count). The predicted molar refractivity (Wildman–Crippen MR) is 69.0 cm³/mol. The van der Waals surface area contributed by atoms with Crippen LogP contribution >= 0.6 is 0 Å². The van der Waals surface area contributed by atoms with Crippen molar-refractivity contribution in [2.75, 3.05) is 5.32 Å². The molecular weight excluding hydrogens is 212 g/mol. The summed E-state index contributed by atoms with van der Waals surface area (Å²) < 4.78 is 0. The Hall–Kier alpha value is -1.19. The summed E-state index contributed by atoms with van der Waals surface area (Å²) in [5.74, 6) is 2.34. The molecule has 4 nitrogen and oxygen atoms in total. The van der Waals surface area contributed by atoms with Gasteiger partial charge in [-0.2, -0.15) is 9.97 Å². The summed E-state index contributed by atoms with van der Waals surface area (Å²) in [5, 5.41) is 3.47. The highest BCUT2D eigenvalue weighted by Crippen LogP contribution is 2.19. The normalized spacial score (nSPS) is 18.5. The standard InChI is InChI=1S/C13H22N4/c1-10-14-11(2)16-13(15-10)17-12-8-6-4-3-5-7-9-12/h12H,3-9H2,1-2H3,(H,14,15,16,17). The van der Waals surface area contributed by atoms with E-state index in [4.69, 9.17) is 0 Å². The van der Waals surface area contributed by atoms with Crippen LogP contribution in [0.4, 0.5) is 5.95 Å². The molecule has 0 amide bonds. The van der Waals surface area contributed by atoms with E-state index >= 15 is 0 Å². The first kappa shape index (κ1) is 12.3. The molecule has 0 aromatic carbocycles. The smallest absolute Gasteiger partial charge is 0.226 e. The van der Waals surface area contributed by atoms with Crippen molar-refractivity contribution in [3.63, 3.8) is 0 Å². The molecule has 1 saturated carbocycles. The van der Waals surface area contributed by atoms with Crippen molar-refractivity contribution in [2.24, 2.45) is 0 Å². The van der Waals surface area contributed by atoms with Crippen molar-refractivity contribution in [1.82, 2.24) is 15.0 Å². The fourth-order valence-corrected chi connectivity index (χ4v) is 2.46. The Bertz CT molecular complexity index is 336. The number of anilines is 1. The van der Waals surface area contributed by atoms with Gasteiger partial charge in [-0.05, 0) is 26.7 Å². The van der Waals surface area contributed by atoms with Crippen molar-refractivity contribution in [1.29, 1.82) is 0 Å². The van der Waals surface area contributed by atoms with E-state index in [9.17, 15) is 0 Å². The topological polar surface area (TPSA) is 50.7 Å². The molecule has 0 aliphatic heterocycles. The quantitative estimate of drug-likeness (QED) is 0.854. The van der Waals surface area contributed by atoms with Gasteiger partial charge in [0.2, 0.25) is 5.95 Å². The van der Waals surface area contributed by atoms with Crippen molar-refractivity contribution in [3.05, 3.63) is 11.6 Å². The molecule has 94 valence electrons. The van der Waals surface area contributed by atoms with Gasteiger partial charge in [-0.25, -0.2) is 4.98 Å². The summed E-state index contributed by atoms with van der Waals surface area (Å²) in [6.07, 6.45) is 9.26. The van der Waals surface area contributed by atoms with Crippen LogP contribution in [0, 0.1) is 13.8 Å². The van der Waals surface area contributed by atoms with Crippen LogP contribution in [0.2, 0.25) is 0 Å². The van der Waals surface area contributed by atoms with Gasteiger partial charge < -0.3 is 5.32 Å². The molecule has 1 N–H and O–H groups in total. The van der Waals surface area contributed by atoms with E-state index in [0.29, 0.717) is 6.04 Å². The van der Waals surface area contributed by atoms with Crippen LogP contribution in [0.3, 0.4) is 0 Å². The summed E-state index contributed by atoms with van der Waals surface area (Å²) in [4.78, 5) is 12.9. The first-order valence-corrected chi connectivity index (χ1v) is 6.70. The maximum absolute atomic E-state index is 4.35. The molecule has 1 aliphatic rings. The number of aromatic nitrogens is 3. The van der Waals surface area contributed by atoms with Crippen molar-refractivity contribution in [3.8, 4) is 0 Å². The monoisotopic (exact) mass is 234 g/mol. The average Bonchev–Trinajstić information content (AvgIpc) is 2.20. The number of nitrogens with zero attached hydrogens (tertiary/aromatic N) is 3. The van der Waals surface area contributed by atoms with E-state index in [1.54, 1.807) is 0 Å². The van der Waals surface area contributed by atoms with Crippen LogP contribution < -0.4 is 5.32 Å². The average molecular weight is 234 g/mol. The summed E-state index contributed by atoms with van der Waals surface area (Å²) in [5.41, 5.74) is 0. The highest BCUT2D eigenvalue weighted by Gasteiger charge is 2.12. The van der Waals surface area contributed by atoms with Gasteiger partial charge in [0.15, 0.2) is 0 Å². The zero-order valence-electron chi connectivity index (χ0n) is 10.9. The van der Waals surface area contributed by atoms with Gasteiger partial charge in [0.1, 0.15) is 11.6 Å².